The summed E-state index contributed by atoms with van der Waals surface area (Å²) in [6.07, 6.45) is 1.85. The predicted molar refractivity (Wildman–Crippen MR) is 90.8 cm³/mol. The third-order valence-corrected chi connectivity index (χ3v) is 5.24. The summed E-state index contributed by atoms with van der Waals surface area (Å²) in [4.78, 5) is 1.90. The zero-order valence-corrected chi connectivity index (χ0v) is 13.6. The van der Waals surface area contributed by atoms with Gasteiger partial charge in [-0.1, -0.05) is 12.1 Å². The number of alkyl halides is 1. The Labute approximate surface area is 140 Å². The second-order valence-electron chi connectivity index (χ2n) is 6.70. The normalized spacial score (nSPS) is 28.8. The number of nitrogens with zero attached hydrogens (tertiary/aromatic N) is 3. The second-order valence-corrected chi connectivity index (χ2v) is 6.70. The van der Waals surface area contributed by atoms with Crippen molar-refractivity contribution < 1.29 is 9.50 Å². The number of anilines is 1. The molecule has 2 fully saturated rings. The fourth-order valence-electron chi connectivity index (χ4n) is 3.87. The summed E-state index contributed by atoms with van der Waals surface area (Å²) in [7, 11) is 1.88. The SMILES string of the molecule is CN(c1ccc(-c2ccccc2O)nn1)[C@H]1CC2CCC(N2)[C@H]1F. The number of aromatic nitrogens is 2. The number of hydrogen-bond donors (Lipinski definition) is 2. The molecule has 0 aliphatic carbocycles. The van der Waals surface area contributed by atoms with Crippen molar-refractivity contribution in [1.29, 1.82) is 0 Å². The standard InChI is InChI=1S/C18H21FN4O/c1-23(15-10-11-6-7-14(20-11)18(15)19)17-9-8-13(21-22-17)12-4-2-3-5-16(12)24/h2-5,8-9,11,14-15,18,20,24H,6-7,10H2,1H3/t11?,14?,15-,18+/m0/s1. The number of rotatable bonds is 3. The molecule has 6 heteroatoms. The molecule has 2 aromatic rings. The Morgan fingerprint density at radius 3 is 2.75 bits per heavy atom. The van der Waals surface area contributed by atoms with Crippen LogP contribution in [-0.4, -0.2) is 46.6 Å². The summed E-state index contributed by atoms with van der Waals surface area (Å²) in [5.41, 5.74) is 1.25. The molecular weight excluding hydrogens is 307 g/mol. The zero-order valence-electron chi connectivity index (χ0n) is 13.6. The Kier molecular flexibility index (Phi) is 3.84. The van der Waals surface area contributed by atoms with Crippen molar-refractivity contribution in [2.45, 2.75) is 43.6 Å². The molecule has 24 heavy (non-hydrogen) atoms. The monoisotopic (exact) mass is 328 g/mol. The molecule has 2 aliphatic rings. The molecule has 0 radical (unpaired) electrons. The van der Waals surface area contributed by atoms with E-state index in [4.69, 9.17) is 0 Å². The highest BCUT2D eigenvalue weighted by Crippen LogP contribution is 2.33. The number of benzene rings is 1. The van der Waals surface area contributed by atoms with E-state index < -0.39 is 6.17 Å². The van der Waals surface area contributed by atoms with Crippen LogP contribution in [-0.2, 0) is 0 Å². The zero-order chi connectivity index (χ0) is 16.7. The van der Waals surface area contributed by atoms with Crippen LogP contribution in [0.25, 0.3) is 11.3 Å². The van der Waals surface area contributed by atoms with Gasteiger partial charge in [-0.25, -0.2) is 4.39 Å². The van der Waals surface area contributed by atoms with Crippen LogP contribution >= 0.6 is 0 Å². The number of phenols is 1. The van der Waals surface area contributed by atoms with Gasteiger partial charge >= 0.3 is 0 Å². The van der Waals surface area contributed by atoms with Gasteiger partial charge in [0.25, 0.3) is 0 Å². The Balaban J connectivity index is 1.55. The van der Waals surface area contributed by atoms with Gasteiger partial charge < -0.3 is 15.3 Å². The highest BCUT2D eigenvalue weighted by Gasteiger charge is 2.43. The smallest absolute Gasteiger partial charge is 0.151 e. The number of phenolic OH excluding ortho intramolecular Hbond substituents is 1. The van der Waals surface area contributed by atoms with Gasteiger partial charge in [-0.15, -0.1) is 10.2 Å². The van der Waals surface area contributed by atoms with Gasteiger partial charge in [0.15, 0.2) is 5.82 Å². The first kappa shape index (κ1) is 15.3. The molecule has 2 N–H and O–H groups in total. The lowest BCUT2D eigenvalue weighted by Gasteiger charge is -2.38. The maximum absolute atomic E-state index is 14.7. The maximum atomic E-state index is 14.7. The largest absolute Gasteiger partial charge is 0.507 e. The molecule has 0 spiro atoms. The lowest BCUT2D eigenvalue weighted by molar-refractivity contribution is 0.176. The van der Waals surface area contributed by atoms with Crippen LogP contribution in [0.1, 0.15) is 19.3 Å². The molecule has 5 nitrogen and oxygen atoms in total. The van der Waals surface area contributed by atoms with Crippen molar-refractivity contribution in [3.8, 4) is 17.0 Å². The van der Waals surface area contributed by atoms with Crippen molar-refractivity contribution >= 4 is 5.82 Å². The maximum Gasteiger partial charge on any atom is 0.151 e. The van der Waals surface area contributed by atoms with Crippen LogP contribution in [0, 0.1) is 0 Å². The van der Waals surface area contributed by atoms with Crippen LogP contribution in [0.5, 0.6) is 5.75 Å². The highest BCUT2D eigenvalue weighted by atomic mass is 19.1. The summed E-state index contributed by atoms with van der Waals surface area (Å²) in [5, 5.41) is 21.7. The lowest BCUT2D eigenvalue weighted by Crippen LogP contribution is -2.55. The third-order valence-electron chi connectivity index (χ3n) is 5.24. The quantitative estimate of drug-likeness (QED) is 0.906. The molecule has 1 aromatic heterocycles. The van der Waals surface area contributed by atoms with E-state index in [1.54, 1.807) is 18.2 Å². The number of para-hydroxylation sites is 1. The molecule has 4 rings (SSSR count). The van der Waals surface area contributed by atoms with Crippen LogP contribution < -0.4 is 10.2 Å². The summed E-state index contributed by atoms with van der Waals surface area (Å²) in [6, 6.07) is 10.9. The topological polar surface area (TPSA) is 61.3 Å². The van der Waals surface area contributed by atoms with E-state index in [2.05, 4.69) is 15.5 Å². The van der Waals surface area contributed by atoms with E-state index in [0.717, 1.165) is 19.3 Å². The molecule has 4 atom stereocenters. The Morgan fingerprint density at radius 1 is 1.17 bits per heavy atom. The molecule has 2 saturated heterocycles. The summed E-state index contributed by atoms with van der Waals surface area (Å²) >= 11 is 0. The summed E-state index contributed by atoms with van der Waals surface area (Å²) < 4.78 is 14.7. The first-order chi connectivity index (χ1) is 11.6. The Bertz CT molecular complexity index is 723. The minimum Gasteiger partial charge on any atom is -0.507 e. The van der Waals surface area contributed by atoms with E-state index in [1.165, 1.54) is 0 Å². The molecule has 126 valence electrons. The number of halogens is 1. The van der Waals surface area contributed by atoms with Crippen LogP contribution in [0.15, 0.2) is 36.4 Å². The average Bonchev–Trinajstić information content (AvgIpc) is 3.02. The molecule has 3 heterocycles. The van der Waals surface area contributed by atoms with Gasteiger partial charge in [0.2, 0.25) is 0 Å². The van der Waals surface area contributed by atoms with Gasteiger partial charge in [0.05, 0.1) is 11.7 Å². The van der Waals surface area contributed by atoms with Gasteiger partial charge in [-0.3, -0.25) is 0 Å². The van der Waals surface area contributed by atoms with Gasteiger partial charge in [-0.2, -0.15) is 0 Å². The van der Waals surface area contributed by atoms with Gasteiger partial charge in [0, 0.05) is 24.7 Å². The van der Waals surface area contributed by atoms with Crippen LogP contribution in [0.3, 0.4) is 0 Å². The molecule has 2 unspecified atom stereocenters. The molecular formula is C18H21FN4O. The lowest BCUT2D eigenvalue weighted by atomic mass is 9.96. The predicted octanol–water partition coefficient (Wildman–Crippen LogP) is 2.52. The number of hydrogen-bond acceptors (Lipinski definition) is 5. The molecule has 1 aromatic carbocycles. The fourth-order valence-corrected chi connectivity index (χ4v) is 3.87. The summed E-state index contributed by atoms with van der Waals surface area (Å²) in [6.45, 7) is 0. The molecule has 0 amide bonds. The minimum atomic E-state index is -0.895. The average molecular weight is 328 g/mol. The first-order valence-electron chi connectivity index (χ1n) is 8.38. The van der Waals surface area contributed by atoms with E-state index in [1.807, 2.05) is 30.1 Å². The van der Waals surface area contributed by atoms with Crippen molar-refractivity contribution in [3.63, 3.8) is 0 Å². The van der Waals surface area contributed by atoms with Crippen LogP contribution in [0.2, 0.25) is 0 Å². The number of fused-ring (bicyclic) bond motifs is 2. The first-order valence-corrected chi connectivity index (χ1v) is 8.38. The van der Waals surface area contributed by atoms with E-state index in [-0.39, 0.29) is 17.8 Å². The Hall–Kier alpha value is -2.21. The number of piperidine rings is 1. The number of nitrogens with one attached hydrogen (secondary N) is 1. The van der Waals surface area contributed by atoms with Gasteiger partial charge in [0.1, 0.15) is 11.9 Å². The minimum absolute atomic E-state index is 0.0373. The van der Waals surface area contributed by atoms with E-state index in [0.29, 0.717) is 23.1 Å². The van der Waals surface area contributed by atoms with Crippen molar-refractivity contribution in [3.05, 3.63) is 36.4 Å². The van der Waals surface area contributed by atoms with Crippen molar-refractivity contribution in [2.75, 3.05) is 11.9 Å². The van der Waals surface area contributed by atoms with Crippen molar-refractivity contribution in [1.82, 2.24) is 15.5 Å². The van der Waals surface area contributed by atoms with Crippen LogP contribution in [0.4, 0.5) is 10.2 Å². The number of aromatic hydroxyl groups is 1. The van der Waals surface area contributed by atoms with E-state index in [9.17, 15) is 9.50 Å². The van der Waals surface area contributed by atoms with Gasteiger partial charge in [-0.05, 0) is 43.5 Å². The molecule has 0 saturated carbocycles. The Morgan fingerprint density at radius 2 is 2.00 bits per heavy atom. The highest BCUT2D eigenvalue weighted by molar-refractivity contribution is 5.66. The second kappa shape index (κ2) is 6.02. The molecule has 2 bridgehead atoms. The van der Waals surface area contributed by atoms with E-state index >= 15 is 0 Å². The van der Waals surface area contributed by atoms with Crippen molar-refractivity contribution in [2.24, 2.45) is 0 Å². The summed E-state index contributed by atoms with van der Waals surface area (Å²) in [5.74, 6) is 0.828. The molecule has 2 aliphatic heterocycles. The fraction of sp³-hybridized carbons (Fsp3) is 0.444. The third kappa shape index (κ3) is 2.60.